The molecule has 1 aromatic rings. The summed E-state index contributed by atoms with van der Waals surface area (Å²) < 4.78 is 5.46. The molecule has 5 nitrogen and oxygen atoms in total. The summed E-state index contributed by atoms with van der Waals surface area (Å²) in [7, 11) is 1.82. The summed E-state index contributed by atoms with van der Waals surface area (Å²) in [6.07, 6.45) is 5.93. The van der Waals surface area contributed by atoms with Crippen LogP contribution in [0.25, 0.3) is 0 Å². The normalized spacial score (nSPS) is 21.5. The average Bonchev–Trinajstić information content (AvgIpc) is 3.23. The maximum absolute atomic E-state index is 5.46. The molecule has 1 aliphatic rings. The first-order valence-corrected chi connectivity index (χ1v) is 10.3. The van der Waals surface area contributed by atoms with Gasteiger partial charge in [0.1, 0.15) is 0 Å². The molecule has 6 heteroatoms. The lowest BCUT2D eigenvalue weighted by Crippen LogP contribution is -2.42. The SMILES string of the molecule is CCSC1CCC(NC(=NC)NCc2cc(C(CC)CC)no2)C1. The lowest BCUT2D eigenvalue weighted by atomic mass is 9.99. The van der Waals surface area contributed by atoms with Crippen LogP contribution < -0.4 is 10.6 Å². The van der Waals surface area contributed by atoms with E-state index >= 15 is 0 Å². The molecule has 0 aliphatic heterocycles. The maximum Gasteiger partial charge on any atom is 0.191 e. The van der Waals surface area contributed by atoms with Gasteiger partial charge in [0.05, 0.1) is 12.2 Å². The van der Waals surface area contributed by atoms with Crippen LogP contribution >= 0.6 is 11.8 Å². The van der Waals surface area contributed by atoms with Crippen molar-refractivity contribution >= 4 is 17.7 Å². The van der Waals surface area contributed by atoms with Crippen molar-refractivity contribution in [3.8, 4) is 0 Å². The van der Waals surface area contributed by atoms with E-state index in [9.17, 15) is 0 Å². The van der Waals surface area contributed by atoms with Crippen LogP contribution in [0, 0.1) is 0 Å². The summed E-state index contributed by atoms with van der Waals surface area (Å²) in [6.45, 7) is 7.24. The summed E-state index contributed by atoms with van der Waals surface area (Å²) in [4.78, 5) is 4.34. The van der Waals surface area contributed by atoms with E-state index in [1.54, 1.807) is 0 Å². The number of guanidine groups is 1. The lowest BCUT2D eigenvalue weighted by Gasteiger charge is -2.16. The predicted molar refractivity (Wildman–Crippen MR) is 103 cm³/mol. The minimum atomic E-state index is 0.492. The number of rotatable bonds is 8. The molecule has 2 unspecified atom stereocenters. The van der Waals surface area contributed by atoms with E-state index in [2.05, 4.69) is 59.4 Å². The molecule has 0 aromatic carbocycles. The van der Waals surface area contributed by atoms with E-state index < -0.39 is 0 Å². The molecule has 1 aliphatic carbocycles. The molecular formula is C18H32N4OS. The predicted octanol–water partition coefficient (Wildman–Crippen LogP) is 3.92. The second-order valence-corrected chi connectivity index (χ2v) is 7.97. The van der Waals surface area contributed by atoms with Crippen LogP contribution in [0.1, 0.15) is 70.2 Å². The number of nitrogens with zero attached hydrogens (tertiary/aromatic N) is 2. The number of hydrogen-bond acceptors (Lipinski definition) is 4. The third kappa shape index (κ3) is 5.43. The third-order valence-electron chi connectivity index (χ3n) is 4.76. The van der Waals surface area contributed by atoms with Crippen LogP contribution in [0.2, 0.25) is 0 Å². The second-order valence-electron chi connectivity index (χ2n) is 6.39. The summed E-state index contributed by atoms with van der Waals surface area (Å²) in [5.41, 5.74) is 1.06. The van der Waals surface area contributed by atoms with Crippen LogP contribution in [-0.4, -0.2) is 35.2 Å². The van der Waals surface area contributed by atoms with Crippen molar-refractivity contribution in [3.05, 3.63) is 17.5 Å². The Bertz CT molecular complexity index is 513. The van der Waals surface area contributed by atoms with Gasteiger partial charge in [-0.1, -0.05) is 25.9 Å². The number of aliphatic imine (C=N–C) groups is 1. The average molecular weight is 353 g/mol. The summed E-state index contributed by atoms with van der Waals surface area (Å²) >= 11 is 2.07. The Balaban J connectivity index is 1.80. The molecule has 1 fully saturated rings. The fourth-order valence-corrected chi connectivity index (χ4v) is 4.47. The Morgan fingerprint density at radius 3 is 2.83 bits per heavy atom. The fraction of sp³-hybridized carbons (Fsp3) is 0.778. The largest absolute Gasteiger partial charge is 0.359 e. The van der Waals surface area contributed by atoms with E-state index in [0.29, 0.717) is 18.5 Å². The molecule has 1 aromatic heterocycles. The van der Waals surface area contributed by atoms with Gasteiger partial charge in [-0.25, -0.2) is 0 Å². The number of thioether (sulfide) groups is 1. The van der Waals surface area contributed by atoms with Crippen molar-refractivity contribution in [2.24, 2.45) is 4.99 Å². The molecule has 136 valence electrons. The highest BCUT2D eigenvalue weighted by Gasteiger charge is 2.25. The standard InChI is InChI=1S/C18H32N4OS/c1-5-13(6-2)17-11-15(23-22-17)12-20-18(19-4)21-14-8-9-16(10-14)24-7-3/h11,13-14,16H,5-10,12H2,1-4H3,(H2,19,20,21). The van der Waals surface area contributed by atoms with Crippen LogP contribution in [0.5, 0.6) is 0 Å². The first-order valence-electron chi connectivity index (χ1n) is 9.24. The van der Waals surface area contributed by atoms with Crippen molar-refractivity contribution in [1.29, 1.82) is 0 Å². The Morgan fingerprint density at radius 2 is 2.17 bits per heavy atom. The highest BCUT2D eigenvalue weighted by molar-refractivity contribution is 7.99. The lowest BCUT2D eigenvalue weighted by molar-refractivity contribution is 0.368. The second kappa shape index (κ2) is 9.97. The molecule has 24 heavy (non-hydrogen) atoms. The van der Waals surface area contributed by atoms with Crippen molar-refractivity contribution in [1.82, 2.24) is 15.8 Å². The fourth-order valence-electron chi connectivity index (χ4n) is 3.33. The molecule has 2 rings (SSSR count). The Labute approximate surface area is 150 Å². The number of nitrogens with one attached hydrogen (secondary N) is 2. The highest BCUT2D eigenvalue weighted by Crippen LogP contribution is 2.29. The highest BCUT2D eigenvalue weighted by atomic mass is 32.2. The quantitative estimate of drug-likeness (QED) is 0.548. The van der Waals surface area contributed by atoms with Crippen molar-refractivity contribution < 1.29 is 4.52 Å². The molecule has 0 bridgehead atoms. The first-order chi connectivity index (χ1) is 11.7. The Morgan fingerprint density at radius 1 is 1.38 bits per heavy atom. The molecule has 0 saturated heterocycles. The zero-order valence-electron chi connectivity index (χ0n) is 15.5. The molecule has 0 amide bonds. The van der Waals surface area contributed by atoms with Gasteiger partial charge in [-0.15, -0.1) is 0 Å². The maximum atomic E-state index is 5.46. The minimum absolute atomic E-state index is 0.492. The van der Waals surface area contributed by atoms with E-state index in [0.717, 1.165) is 35.5 Å². The molecule has 1 saturated carbocycles. The third-order valence-corrected chi connectivity index (χ3v) is 6.00. The minimum Gasteiger partial charge on any atom is -0.359 e. The Hall–Kier alpha value is -1.17. The number of aromatic nitrogens is 1. The van der Waals surface area contributed by atoms with Crippen LogP contribution in [0.3, 0.4) is 0 Å². The van der Waals surface area contributed by atoms with Crippen molar-refractivity contribution in [2.75, 3.05) is 12.8 Å². The first kappa shape index (κ1) is 19.2. The van der Waals surface area contributed by atoms with E-state index in [-0.39, 0.29) is 0 Å². The molecule has 0 spiro atoms. The van der Waals surface area contributed by atoms with Crippen molar-refractivity contribution in [2.45, 2.75) is 76.6 Å². The monoisotopic (exact) mass is 352 g/mol. The molecule has 2 N–H and O–H groups in total. The summed E-state index contributed by atoms with van der Waals surface area (Å²) in [5.74, 6) is 3.41. The van der Waals surface area contributed by atoms with Crippen molar-refractivity contribution in [3.63, 3.8) is 0 Å². The zero-order chi connectivity index (χ0) is 17.4. The summed E-state index contributed by atoms with van der Waals surface area (Å²) in [5, 5.41) is 11.9. The Kier molecular flexibility index (Phi) is 7.95. The van der Waals surface area contributed by atoms with Gasteiger partial charge in [-0.2, -0.15) is 11.8 Å². The van der Waals surface area contributed by atoms with Gasteiger partial charge in [0, 0.05) is 30.3 Å². The topological polar surface area (TPSA) is 62.5 Å². The number of hydrogen-bond donors (Lipinski definition) is 2. The van der Waals surface area contributed by atoms with Gasteiger partial charge in [0.25, 0.3) is 0 Å². The molecule has 2 atom stereocenters. The molecule has 0 radical (unpaired) electrons. The van der Waals surface area contributed by atoms with Crippen LogP contribution in [0.4, 0.5) is 0 Å². The van der Waals surface area contributed by atoms with Crippen LogP contribution in [-0.2, 0) is 6.54 Å². The van der Waals surface area contributed by atoms with E-state index in [4.69, 9.17) is 4.52 Å². The van der Waals surface area contributed by atoms with Gasteiger partial charge in [0.15, 0.2) is 11.7 Å². The summed E-state index contributed by atoms with van der Waals surface area (Å²) in [6, 6.07) is 2.59. The zero-order valence-corrected chi connectivity index (χ0v) is 16.3. The van der Waals surface area contributed by atoms with Crippen LogP contribution in [0.15, 0.2) is 15.6 Å². The van der Waals surface area contributed by atoms with Gasteiger partial charge < -0.3 is 15.2 Å². The van der Waals surface area contributed by atoms with E-state index in [1.165, 1.54) is 25.0 Å². The smallest absolute Gasteiger partial charge is 0.191 e. The van der Waals surface area contributed by atoms with Gasteiger partial charge in [0.2, 0.25) is 0 Å². The molecule has 1 heterocycles. The van der Waals surface area contributed by atoms with E-state index in [1.807, 2.05) is 7.05 Å². The molecular weight excluding hydrogens is 320 g/mol. The van der Waals surface area contributed by atoms with Gasteiger partial charge in [-0.3, -0.25) is 4.99 Å². The van der Waals surface area contributed by atoms with Gasteiger partial charge >= 0.3 is 0 Å². The van der Waals surface area contributed by atoms with Gasteiger partial charge in [-0.05, 0) is 37.9 Å².